The molecule has 4 aromatic rings. The van der Waals surface area contributed by atoms with Gasteiger partial charge in [0.15, 0.2) is 11.3 Å². The quantitative estimate of drug-likeness (QED) is 0.164. The molecule has 0 aliphatic rings. The molecule has 11 nitrogen and oxygen atoms in total. The van der Waals surface area contributed by atoms with Gasteiger partial charge in [0, 0.05) is 12.0 Å². The van der Waals surface area contributed by atoms with Gasteiger partial charge in [0.1, 0.15) is 23.1 Å². The monoisotopic (exact) mass is 611 g/mol. The SMILES string of the molecule is CCCCCCCc1nc(C)c2c(=O)[nH]c(-c3cc(S(=O)(=O)Nc4ccc(OC)c(CC)c4OC)ccc3OCC)nn12. The number of unbranched alkanes of at least 4 members (excludes halogenated alkanes) is 4. The first-order valence-corrected chi connectivity index (χ1v) is 16.2. The summed E-state index contributed by atoms with van der Waals surface area (Å²) in [5.74, 6) is 2.24. The predicted octanol–water partition coefficient (Wildman–Crippen LogP) is 5.69. The predicted molar refractivity (Wildman–Crippen MR) is 167 cm³/mol. The van der Waals surface area contributed by atoms with Crippen LogP contribution in [0.4, 0.5) is 5.69 Å². The molecule has 2 aromatic heterocycles. The van der Waals surface area contributed by atoms with Crippen LogP contribution in [-0.2, 0) is 22.9 Å². The summed E-state index contributed by atoms with van der Waals surface area (Å²) in [7, 11) is -1.06. The zero-order valence-corrected chi connectivity index (χ0v) is 26.6. The smallest absolute Gasteiger partial charge is 0.277 e. The number of aromatic nitrogens is 4. The second-order valence-corrected chi connectivity index (χ2v) is 11.9. The van der Waals surface area contributed by atoms with Gasteiger partial charge in [-0.1, -0.05) is 39.5 Å². The summed E-state index contributed by atoms with van der Waals surface area (Å²) >= 11 is 0. The molecule has 4 rings (SSSR count). The van der Waals surface area contributed by atoms with Crippen LogP contribution in [0.3, 0.4) is 0 Å². The van der Waals surface area contributed by atoms with Crippen molar-refractivity contribution in [2.75, 3.05) is 25.5 Å². The maximum atomic E-state index is 13.7. The van der Waals surface area contributed by atoms with E-state index in [4.69, 9.17) is 19.3 Å². The highest BCUT2D eigenvalue weighted by atomic mass is 32.2. The standard InChI is InChI=1S/C31H41N5O6S/c1-7-10-11-12-13-14-27-32-20(4)28-31(37)33-30(34-36(27)28)23-19-21(15-17-26(23)42-9-3)43(38,39)35-24-16-18-25(40-5)22(8-2)29(24)41-6/h15-19,35H,7-14H2,1-6H3,(H,33,34,37). The Bertz CT molecular complexity index is 1750. The Hall–Kier alpha value is -4.06. The molecule has 0 aliphatic carbocycles. The van der Waals surface area contributed by atoms with Crippen molar-refractivity contribution in [2.45, 2.75) is 77.5 Å². The largest absolute Gasteiger partial charge is 0.496 e. The molecule has 0 unspecified atom stereocenters. The number of aromatic amines is 1. The van der Waals surface area contributed by atoms with E-state index in [1.54, 1.807) is 36.7 Å². The Balaban J connectivity index is 1.77. The summed E-state index contributed by atoms with van der Waals surface area (Å²) in [5.41, 5.74) is 1.95. The Kier molecular flexibility index (Phi) is 10.3. The minimum Gasteiger partial charge on any atom is -0.496 e. The number of rotatable bonds is 15. The van der Waals surface area contributed by atoms with Crippen molar-refractivity contribution in [3.8, 4) is 28.6 Å². The van der Waals surface area contributed by atoms with Gasteiger partial charge in [-0.05, 0) is 57.0 Å². The van der Waals surface area contributed by atoms with Crippen LogP contribution in [0, 0.1) is 6.92 Å². The number of sulfonamides is 1. The van der Waals surface area contributed by atoms with Crippen LogP contribution in [0.2, 0.25) is 0 Å². The lowest BCUT2D eigenvalue weighted by Gasteiger charge is -2.18. The Morgan fingerprint density at radius 1 is 0.977 bits per heavy atom. The highest BCUT2D eigenvalue weighted by Crippen LogP contribution is 2.38. The van der Waals surface area contributed by atoms with Crippen molar-refractivity contribution in [3.05, 3.63) is 57.8 Å². The van der Waals surface area contributed by atoms with E-state index in [2.05, 4.69) is 21.6 Å². The number of anilines is 1. The van der Waals surface area contributed by atoms with Crippen molar-refractivity contribution in [1.29, 1.82) is 0 Å². The number of hydrogen-bond acceptors (Lipinski definition) is 8. The van der Waals surface area contributed by atoms with E-state index in [-0.39, 0.29) is 22.0 Å². The lowest BCUT2D eigenvalue weighted by molar-refractivity contribution is 0.341. The lowest BCUT2D eigenvalue weighted by Crippen LogP contribution is -2.17. The molecule has 232 valence electrons. The maximum absolute atomic E-state index is 13.7. The number of benzene rings is 2. The Labute approximate surface area is 252 Å². The fourth-order valence-electron chi connectivity index (χ4n) is 5.20. The zero-order valence-electron chi connectivity index (χ0n) is 25.7. The summed E-state index contributed by atoms with van der Waals surface area (Å²) in [6.07, 6.45) is 6.74. The molecule has 0 bridgehead atoms. The molecule has 0 amide bonds. The number of nitrogens with one attached hydrogen (secondary N) is 2. The van der Waals surface area contributed by atoms with Gasteiger partial charge in [0.25, 0.3) is 15.6 Å². The summed E-state index contributed by atoms with van der Waals surface area (Å²) in [4.78, 5) is 20.7. The molecule has 43 heavy (non-hydrogen) atoms. The molecule has 0 saturated carbocycles. The van der Waals surface area contributed by atoms with Gasteiger partial charge in [-0.15, -0.1) is 5.10 Å². The maximum Gasteiger partial charge on any atom is 0.277 e. The topological polar surface area (TPSA) is 137 Å². The third-order valence-corrected chi connectivity index (χ3v) is 8.67. The third-order valence-electron chi connectivity index (χ3n) is 7.30. The van der Waals surface area contributed by atoms with E-state index in [1.807, 2.05) is 13.8 Å². The van der Waals surface area contributed by atoms with E-state index >= 15 is 0 Å². The molecule has 0 aliphatic heterocycles. The first kappa shape index (κ1) is 31.9. The molecular formula is C31H41N5O6S. The highest BCUT2D eigenvalue weighted by molar-refractivity contribution is 7.92. The highest BCUT2D eigenvalue weighted by Gasteiger charge is 2.23. The van der Waals surface area contributed by atoms with Crippen LogP contribution in [0.5, 0.6) is 17.2 Å². The van der Waals surface area contributed by atoms with E-state index in [9.17, 15) is 13.2 Å². The molecule has 0 atom stereocenters. The first-order valence-electron chi connectivity index (χ1n) is 14.7. The van der Waals surface area contributed by atoms with Crippen molar-refractivity contribution in [3.63, 3.8) is 0 Å². The van der Waals surface area contributed by atoms with Gasteiger partial charge in [-0.25, -0.2) is 17.9 Å². The molecule has 2 heterocycles. The first-order chi connectivity index (χ1) is 20.7. The van der Waals surface area contributed by atoms with Crippen molar-refractivity contribution < 1.29 is 22.6 Å². The zero-order chi connectivity index (χ0) is 31.1. The van der Waals surface area contributed by atoms with Crippen LogP contribution in [-0.4, -0.2) is 48.8 Å². The van der Waals surface area contributed by atoms with E-state index in [0.717, 1.165) is 31.2 Å². The number of fused-ring (bicyclic) bond motifs is 1. The van der Waals surface area contributed by atoms with Gasteiger partial charge < -0.3 is 19.2 Å². The van der Waals surface area contributed by atoms with Crippen LogP contribution in [0.1, 0.15) is 70.0 Å². The average Bonchev–Trinajstić information content (AvgIpc) is 3.32. The number of aryl methyl sites for hydroxylation is 2. The van der Waals surface area contributed by atoms with Gasteiger partial charge in [0.2, 0.25) is 0 Å². The number of methoxy groups -OCH3 is 2. The summed E-state index contributed by atoms with van der Waals surface area (Å²) in [6, 6.07) is 7.76. The second kappa shape index (κ2) is 13.9. The van der Waals surface area contributed by atoms with Crippen LogP contribution in [0.25, 0.3) is 16.9 Å². The van der Waals surface area contributed by atoms with Gasteiger partial charge in [-0.3, -0.25) is 9.52 Å². The summed E-state index contributed by atoms with van der Waals surface area (Å²) < 4.78 is 48.4. The number of imidazole rings is 1. The van der Waals surface area contributed by atoms with E-state index < -0.39 is 10.0 Å². The number of nitrogens with zero attached hydrogens (tertiary/aromatic N) is 3. The summed E-state index contributed by atoms with van der Waals surface area (Å²) in [6.45, 7) is 8.05. The van der Waals surface area contributed by atoms with Crippen LogP contribution in [0.15, 0.2) is 40.0 Å². The molecule has 0 spiro atoms. The van der Waals surface area contributed by atoms with E-state index in [1.165, 1.54) is 25.7 Å². The molecule has 0 saturated heterocycles. The second-order valence-electron chi connectivity index (χ2n) is 10.2. The lowest BCUT2D eigenvalue weighted by atomic mass is 10.1. The van der Waals surface area contributed by atoms with Gasteiger partial charge >= 0.3 is 0 Å². The van der Waals surface area contributed by atoms with Crippen molar-refractivity contribution in [2.24, 2.45) is 0 Å². The minimum atomic E-state index is -4.09. The Morgan fingerprint density at radius 3 is 2.40 bits per heavy atom. The van der Waals surface area contributed by atoms with E-state index in [0.29, 0.717) is 59.3 Å². The number of ether oxygens (including phenoxy) is 3. The molecule has 12 heteroatoms. The summed E-state index contributed by atoms with van der Waals surface area (Å²) in [5, 5.41) is 4.73. The minimum absolute atomic E-state index is 0.0393. The molecular weight excluding hydrogens is 570 g/mol. The van der Waals surface area contributed by atoms with Crippen molar-refractivity contribution in [1.82, 2.24) is 19.6 Å². The molecule has 0 fully saturated rings. The number of hydrogen-bond donors (Lipinski definition) is 2. The molecule has 2 N–H and O–H groups in total. The van der Waals surface area contributed by atoms with Gasteiger partial charge in [-0.2, -0.15) is 0 Å². The van der Waals surface area contributed by atoms with Crippen LogP contribution < -0.4 is 24.5 Å². The fraction of sp³-hybridized carbons (Fsp3) is 0.452. The van der Waals surface area contributed by atoms with Gasteiger partial charge in [0.05, 0.1) is 42.7 Å². The van der Waals surface area contributed by atoms with Crippen molar-refractivity contribution >= 4 is 21.2 Å². The number of H-pyrrole nitrogens is 1. The Morgan fingerprint density at radius 2 is 1.72 bits per heavy atom. The molecule has 0 radical (unpaired) electrons. The average molecular weight is 612 g/mol. The fourth-order valence-corrected chi connectivity index (χ4v) is 6.29. The third kappa shape index (κ3) is 6.79. The normalized spacial score (nSPS) is 11.6. The van der Waals surface area contributed by atoms with Crippen LogP contribution >= 0.6 is 0 Å². The molecule has 2 aromatic carbocycles.